The number of hydrogen-bond acceptors (Lipinski definition) is 6. The number of carbonyl (C=O) groups is 2. The van der Waals surface area contributed by atoms with Crippen molar-refractivity contribution < 1.29 is 9.59 Å². The van der Waals surface area contributed by atoms with Gasteiger partial charge in [0.05, 0.1) is 4.70 Å². The van der Waals surface area contributed by atoms with E-state index in [0.717, 1.165) is 64.2 Å². The van der Waals surface area contributed by atoms with Crippen molar-refractivity contribution in [1.29, 1.82) is 0 Å². The van der Waals surface area contributed by atoms with Gasteiger partial charge in [0.25, 0.3) is 0 Å². The molecule has 0 atom stereocenters. The molecule has 7 heteroatoms. The molecule has 150 valence electrons. The van der Waals surface area contributed by atoms with Gasteiger partial charge in [0.2, 0.25) is 11.8 Å². The van der Waals surface area contributed by atoms with Crippen LogP contribution in [0.25, 0.3) is 10.1 Å². The first-order chi connectivity index (χ1) is 13.7. The van der Waals surface area contributed by atoms with Gasteiger partial charge in [-0.25, -0.2) is 0 Å². The number of aromatic nitrogens is 1. The Balaban J connectivity index is 1.21. The predicted molar refractivity (Wildman–Crippen MR) is 113 cm³/mol. The highest BCUT2D eigenvalue weighted by Crippen LogP contribution is 2.29. The summed E-state index contributed by atoms with van der Waals surface area (Å²) >= 11 is 1.58. The highest BCUT2D eigenvalue weighted by Gasteiger charge is 2.24. The topological polar surface area (TPSA) is 56.8 Å². The summed E-state index contributed by atoms with van der Waals surface area (Å²) in [6, 6.07) is 8.43. The Morgan fingerprint density at radius 3 is 2.32 bits per heavy atom. The molecule has 2 aromatic rings. The minimum atomic E-state index is 0.0200. The largest absolute Gasteiger partial charge is 0.353 e. The predicted octanol–water partition coefficient (Wildman–Crippen LogP) is 3.13. The molecular formula is C21H28N4O2S. The molecular weight excluding hydrogens is 372 g/mol. The van der Waals surface area contributed by atoms with Gasteiger partial charge in [-0.1, -0.05) is 12.1 Å². The fraction of sp³-hybridized carbons (Fsp3) is 0.571. The minimum absolute atomic E-state index is 0.0200. The van der Waals surface area contributed by atoms with Crippen LogP contribution >= 0.6 is 11.5 Å². The number of fused-ring (bicyclic) bond motifs is 1. The number of hydrogen-bond donors (Lipinski definition) is 0. The molecule has 2 aliphatic rings. The van der Waals surface area contributed by atoms with Crippen molar-refractivity contribution in [3.8, 4) is 0 Å². The Labute approximate surface area is 170 Å². The molecule has 2 amide bonds. The van der Waals surface area contributed by atoms with Crippen LogP contribution in [0.3, 0.4) is 0 Å². The maximum Gasteiger partial charge on any atom is 0.229 e. The molecule has 0 radical (unpaired) electrons. The number of amides is 2. The summed E-state index contributed by atoms with van der Waals surface area (Å²) in [6.45, 7) is 5.68. The molecule has 0 unspecified atom stereocenters. The van der Waals surface area contributed by atoms with E-state index in [1.165, 1.54) is 15.0 Å². The number of benzene rings is 1. The summed E-state index contributed by atoms with van der Waals surface area (Å²) in [5.74, 6) is 1.16. The third-order valence-electron chi connectivity index (χ3n) is 5.77. The molecule has 6 nitrogen and oxygen atoms in total. The highest BCUT2D eigenvalue weighted by atomic mass is 32.1. The second-order valence-corrected chi connectivity index (χ2v) is 8.49. The van der Waals surface area contributed by atoms with Crippen molar-refractivity contribution in [2.75, 3.05) is 44.2 Å². The maximum absolute atomic E-state index is 12.0. The van der Waals surface area contributed by atoms with Gasteiger partial charge in [-0.2, -0.15) is 4.37 Å². The van der Waals surface area contributed by atoms with Crippen LogP contribution in [0.2, 0.25) is 0 Å². The molecule has 0 spiro atoms. The van der Waals surface area contributed by atoms with E-state index in [2.05, 4.69) is 38.4 Å². The van der Waals surface area contributed by atoms with Crippen molar-refractivity contribution >= 4 is 39.3 Å². The van der Waals surface area contributed by atoms with Gasteiger partial charge in [-0.15, -0.1) is 0 Å². The zero-order chi connectivity index (χ0) is 19.3. The average Bonchev–Trinajstić information content (AvgIpc) is 3.08. The first-order valence-electron chi connectivity index (χ1n) is 10.4. The van der Waals surface area contributed by atoms with E-state index in [1.54, 1.807) is 11.5 Å². The number of rotatable bonds is 6. The lowest BCUT2D eigenvalue weighted by Gasteiger charge is -2.35. The Morgan fingerprint density at radius 2 is 1.57 bits per heavy atom. The minimum Gasteiger partial charge on any atom is -0.353 e. The number of nitrogens with zero attached hydrogens (tertiary/aromatic N) is 4. The second-order valence-electron chi connectivity index (χ2n) is 7.68. The van der Waals surface area contributed by atoms with Crippen molar-refractivity contribution in [2.45, 2.75) is 38.5 Å². The van der Waals surface area contributed by atoms with Crippen LogP contribution in [0.15, 0.2) is 24.3 Å². The number of carbonyl (C=O) groups excluding carboxylic acids is 2. The first kappa shape index (κ1) is 19.3. The first-order valence-corrected chi connectivity index (χ1v) is 11.1. The number of likely N-dealkylation sites (tertiary alicyclic amines) is 1. The summed E-state index contributed by atoms with van der Waals surface area (Å²) in [6.07, 6.45) is 4.67. The lowest BCUT2D eigenvalue weighted by atomic mass is 10.2. The normalized spacial score (nSPS) is 19.4. The van der Waals surface area contributed by atoms with E-state index in [-0.39, 0.29) is 11.8 Å². The van der Waals surface area contributed by atoms with Crippen LogP contribution in [-0.4, -0.2) is 65.3 Å². The third kappa shape index (κ3) is 4.36. The number of imide groups is 1. The number of unbranched alkanes of at least 4 members (excludes halogenated alkanes) is 1. The van der Waals surface area contributed by atoms with E-state index in [9.17, 15) is 9.59 Å². The SMILES string of the molecule is O=C1CCCCC(=O)N1CCCCN1CCN(c2nsc3ccccc23)CC1. The molecule has 0 saturated carbocycles. The van der Waals surface area contributed by atoms with Crippen molar-refractivity contribution in [3.63, 3.8) is 0 Å². The van der Waals surface area contributed by atoms with Crippen LogP contribution in [-0.2, 0) is 9.59 Å². The van der Waals surface area contributed by atoms with Gasteiger partial charge in [0, 0.05) is 51.0 Å². The van der Waals surface area contributed by atoms with E-state index in [1.807, 2.05) is 0 Å². The van der Waals surface area contributed by atoms with E-state index >= 15 is 0 Å². The molecule has 0 aliphatic carbocycles. The summed E-state index contributed by atoms with van der Waals surface area (Å²) in [7, 11) is 0. The molecule has 28 heavy (non-hydrogen) atoms. The quantitative estimate of drug-likeness (QED) is 0.551. The summed E-state index contributed by atoms with van der Waals surface area (Å²) in [5.41, 5.74) is 0. The molecule has 2 saturated heterocycles. The van der Waals surface area contributed by atoms with Gasteiger partial charge in [-0.05, 0) is 55.9 Å². The summed E-state index contributed by atoms with van der Waals surface area (Å²) < 4.78 is 5.92. The standard InChI is InChI=1S/C21H28N4O2S/c26-19-9-3-4-10-20(27)25(19)12-6-5-11-23-13-15-24(16-14-23)21-17-7-1-2-8-18(17)28-22-21/h1-2,7-8H,3-6,9-16H2. The molecule has 1 aromatic heterocycles. The van der Waals surface area contributed by atoms with Crippen molar-refractivity contribution in [1.82, 2.24) is 14.2 Å². The highest BCUT2D eigenvalue weighted by molar-refractivity contribution is 7.13. The fourth-order valence-electron chi connectivity index (χ4n) is 4.10. The van der Waals surface area contributed by atoms with E-state index in [0.29, 0.717) is 19.4 Å². The van der Waals surface area contributed by atoms with Gasteiger partial charge in [0.1, 0.15) is 5.82 Å². The lowest BCUT2D eigenvalue weighted by molar-refractivity contribution is -0.143. The molecule has 0 N–H and O–H groups in total. The lowest BCUT2D eigenvalue weighted by Crippen LogP contribution is -2.47. The Kier molecular flexibility index (Phi) is 6.22. The number of anilines is 1. The monoisotopic (exact) mass is 400 g/mol. The van der Waals surface area contributed by atoms with Gasteiger partial charge in [-0.3, -0.25) is 19.4 Å². The van der Waals surface area contributed by atoms with Crippen molar-refractivity contribution in [3.05, 3.63) is 24.3 Å². The van der Waals surface area contributed by atoms with Crippen LogP contribution in [0.4, 0.5) is 5.82 Å². The Morgan fingerprint density at radius 1 is 0.893 bits per heavy atom. The van der Waals surface area contributed by atoms with Gasteiger partial charge < -0.3 is 4.90 Å². The van der Waals surface area contributed by atoms with E-state index in [4.69, 9.17) is 0 Å². The molecule has 2 fully saturated rings. The summed E-state index contributed by atoms with van der Waals surface area (Å²) in [5, 5.41) is 1.26. The molecule has 1 aromatic carbocycles. The maximum atomic E-state index is 12.0. The number of piperazine rings is 1. The zero-order valence-corrected chi connectivity index (χ0v) is 17.1. The van der Waals surface area contributed by atoms with Gasteiger partial charge in [0.15, 0.2) is 0 Å². The van der Waals surface area contributed by atoms with Crippen LogP contribution in [0, 0.1) is 0 Å². The van der Waals surface area contributed by atoms with E-state index < -0.39 is 0 Å². The van der Waals surface area contributed by atoms with Crippen molar-refractivity contribution in [2.24, 2.45) is 0 Å². The van der Waals surface area contributed by atoms with Crippen LogP contribution < -0.4 is 4.90 Å². The smallest absolute Gasteiger partial charge is 0.229 e. The molecule has 4 rings (SSSR count). The molecule has 0 bridgehead atoms. The second kappa shape index (κ2) is 9.01. The Bertz CT molecular complexity index is 811. The zero-order valence-electron chi connectivity index (χ0n) is 16.3. The summed E-state index contributed by atoms with van der Waals surface area (Å²) in [4.78, 5) is 30.5. The molecule has 2 aliphatic heterocycles. The fourth-order valence-corrected chi connectivity index (χ4v) is 4.90. The average molecular weight is 401 g/mol. The van der Waals surface area contributed by atoms with Gasteiger partial charge >= 0.3 is 0 Å². The third-order valence-corrected chi connectivity index (χ3v) is 6.59. The van der Waals surface area contributed by atoms with Crippen LogP contribution in [0.1, 0.15) is 38.5 Å². The Hall–Kier alpha value is -1.99. The van der Waals surface area contributed by atoms with Crippen LogP contribution in [0.5, 0.6) is 0 Å². The molecule has 3 heterocycles.